The van der Waals surface area contributed by atoms with E-state index in [1.54, 1.807) is 0 Å². The summed E-state index contributed by atoms with van der Waals surface area (Å²) in [6.45, 7) is 0.440. The molecule has 0 fully saturated rings. The van der Waals surface area contributed by atoms with Crippen molar-refractivity contribution < 1.29 is 4.52 Å². The number of nitrogen functional groups attached to an aromatic ring is 1. The van der Waals surface area contributed by atoms with E-state index >= 15 is 0 Å². The van der Waals surface area contributed by atoms with Gasteiger partial charge in [0.25, 0.3) is 0 Å². The molecule has 0 atom stereocenters. The van der Waals surface area contributed by atoms with Crippen molar-refractivity contribution in [1.82, 2.24) is 20.1 Å². The van der Waals surface area contributed by atoms with Crippen molar-refractivity contribution in [2.24, 2.45) is 0 Å². The molecule has 0 aliphatic rings. The molecule has 0 radical (unpaired) electrons. The van der Waals surface area contributed by atoms with Crippen LogP contribution in [-0.4, -0.2) is 20.1 Å². The lowest BCUT2D eigenvalue weighted by molar-refractivity contribution is 0.411. The van der Waals surface area contributed by atoms with E-state index in [1.165, 1.54) is 18.8 Å². The fourth-order valence-electron chi connectivity index (χ4n) is 0.869. The molecule has 0 saturated heterocycles. The van der Waals surface area contributed by atoms with Gasteiger partial charge in [-0.2, -0.15) is 4.98 Å². The van der Waals surface area contributed by atoms with E-state index in [9.17, 15) is 0 Å². The van der Waals surface area contributed by atoms with Gasteiger partial charge in [-0.1, -0.05) is 5.16 Å². The highest BCUT2D eigenvalue weighted by molar-refractivity contribution is 5.35. The van der Waals surface area contributed by atoms with E-state index in [2.05, 4.69) is 29.9 Å². The van der Waals surface area contributed by atoms with Crippen LogP contribution in [0.3, 0.4) is 0 Å². The molecule has 0 aliphatic carbocycles. The number of aromatic nitrogens is 4. The molecule has 0 bridgehead atoms. The summed E-state index contributed by atoms with van der Waals surface area (Å²) in [5.74, 6) is 1.56. The first-order chi connectivity index (χ1) is 6.84. The van der Waals surface area contributed by atoms with Crippen LogP contribution in [0.25, 0.3) is 0 Å². The van der Waals surface area contributed by atoms with Crippen LogP contribution in [0, 0.1) is 0 Å². The van der Waals surface area contributed by atoms with Crippen LogP contribution in [0.1, 0.15) is 5.82 Å². The number of nitrogens with two attached hydrogens (primary N) is 1. The lowest BCUT2D eigenvalue weighted by Gasteiger charge is -2.00. The van der Waals surface area contributed by atoms with E-state index < -0.39 is 0 Å². The van der Waals surface area contributed by atoms with Crippen molar-refractivity contribution in [3.8, 4) is 0 Å². The Morgan fingerprint density at radius 2 is 2.21 bits per heavy atom. The van der Waals surface area contributed by atoms with Crippen molar-refractivity contribution in [2.45, 2.75) is 6.54 Å². The van der Waals surface area contributed by atoms with Crippen LogP contribution < -0.4 is 11.1 Å². The zero-order chi connectivity index (χ0) is 9.80. The molecule has 0 aromatic carbocycles. The van der Waals surface area contributed by atoms with Gasteiger partial charge in [0.15, 0.2) is 5.82 Å². The summed E-state index contributed by atoms with van der Waals surface area (Å²) >= 11 is 0. The predicted molar refractivity (Wildman–Crippen MR) is 48.1 cm³/mol. The third kappa shape index (κ3) is 1.94. The SMILES string of the molecule is Nc1cnc(NCc2ncon2)cn1. The zero-order valence-electron chi connectivity index (χ0n) is 7.21. The molecular weight excluding hydrogens is 184 g/mol. The quantitative estimate of drug-likeness (QED) is 0.708. The Morgan fingerprint density at radius 1 is 1.29 bits per heavy atom. The second-order valence-corrected chi connectivity index (χ2v) is 2.53. The Morgan fingerprint density at radius 3 is 2.86 bits per heavy atom. The molecule has 7 heteroatoms. The number of nitrogens with one attached hydrogen (secondary N) is 1. The number of nitrogens with zero attached hydrogens (tertiary/aromatic N) is 4. The van der Waals surface area contributed by atoms with Gasteiger partial charge < -0.3 is 15.6 Å². The number of anilines is 2. The maximum Gasteiger partial charge on any atom is 0.213 e. The fourth-order valence-corrected chi connectivity index (χ4v) is 0.869. The summed E-state index contributed by atoms with van der Waals surface area (Å²) < 4.78 is 4.56. The summed E-state index contributed by atoms with van der Waals surface area (Å²) in [7, 11) is 0. The summed E-state index contributed by atoms with van der Waals surface area (Å²) in [6, 6.07) is 0. The Kier molecular flexibility index (Phi) is 2.22. The number of rotatable bonds is 3. The molecule has 0 aliphatic heterocycles. The van der Waals surface area contributed by atoms with Crippen LogP contribution in [0.2, 0.25) is 0 Å². The van der Waals surface area contributed by atoms with Gasteiger partial charge in [0.05, 0.1) is 18.9 Å². The van der Waals surface area contributed by atoms with Gasteiger partial charge in [-0.3, -0.25) is 0 Å². The highest BCUT2D eigenvalue weighted by Gasteiger charge is 1.98. The molecule has 72 valence electrons. The number of hydrogen-bond acceptors (Lipinski definition) is 7. The Bertz CT molecular complexity index is 383. The van der Waals surface area contributed by atoms with Crippen LogP contribution in [0.15, 0.2) is 23.3 Å². The van der Waals surface area contributed by atoms with E-state index in [0.717, 1.165) is 0 Å². The molecule has 0 unspecified atom stereocenters. The standard InChI is InChI=1S/C7H8N6O/c8-5-1-10-6(2-9-5)11-3-7-12-4-14-13-7/h1-2,4H,3H2,(H2,8,9)(H,10,11). The number of hydrogen-bond donors (Lipinski definition) is 2. The van der Waals surface area contributed by atoms with E-state index in [4.69, 9.17) is 5.73 Å². The summed E-state index contributed by atoms with van der Waals surface area (Å²) in [5.41, 5.74) is 5.38. The maximum absolute atomic E-state index is 5.38. The van der Waals surface area contributed by atoms with Crippen molar-refractivity contribution in [3.63, 3.8) is 0 Å². The second kappa shape index (κ2) is 3.69. The lowest BCUT2D eigenvalue weighted by Crippen LogP contribution is -2.03. The minimum absolute atomic E-state index is 0.384. The van der Waals surface area contributed by atoms with Crippen LogP contribution in [0.4, 0.5) is 11.6 Å². The first-order valence-electron chi connectivity index (χ1n) is 3.91. The van der Waals surface area contributed by atoms with Gasteiger partial charge in [-0.05, 0) is 0 Å². The van der Waals surface area contributed by atoms with Crippen molar-refractivity contribution in [3.05, 3.63) is 24.6 Å². The van der Waals surface area contributed by atoms with Gasteiger partial charge in [0.2, 0.25) is 6.39 Å². The predicted octanol–water partition coefficient (Wildman–Crippen LogP) is 0.0539. The van der Waals surface area contributed by atoms with Crippen LogP contribution >= 0.6 is 0 Å². The van der Waals surface area contributed by atoms with Crippen molar-refractivity contribution in [2.75, 3.05) is 11.1 Å². The molecule has 2 rings (SSSR count). The zero-order valence-corrected chi connectivity index (χ0v) is 7.21. The molecule has 2 heterocycles. The minimum Gasteiger partial charge on any atom is -0.382 e. The lowest BCUT2D eigenvalue weighted by atomic mass is 10.5. The molecule has 3 N–H and O–H groups in total. The summed E-state index contributed by atoms with van der Waals surface area (Å²) in [4.78, 5) is 11.7. The third-order valence-electron chi connectivity index (χ3n) is 1.51. The first-order valence-corrected chi connectivity index (χ1v) is 3.91. The molecule has 0 saturated carbocycles. The molecule has 0 amide bonds. The fraction of sp³-hybridized carbons (Fsp3) is 0.143. The van der Waals surface area contributed by atoms with Crippen molar-refractivity contribution >= 4 is 11.6 Å². The molecule has 2 aromatic rings. The van der Waals surface area contributed by atoms with Gasteiger partial charge in [-0.15, -0.1) is 0 Å². The smallest absolute Gasteiger partial charge is 0.213 e. The highest BCUT2D eigenvalue weighted by atomic mass is 16.5. The Balaban J connectivity index is 1.95. The molecule has 7 nitrogen and oxygen atoms in total. The van der Waals surface area contributed by atoms with Crippen LogP contribution in [0.5, 0.6) is 0 Å². The molecule has 14 heavy (non-hydrogen) atoms. The van der Waals surface area contributed by atoms with Crippen LogP contribution in [-0.2, 0) is 6.54 Å². The van der Waals surface area contributed by atoms with E-state index in [0.29, 0.717) is 24.0 Å². The molecule has 2 aromatic heterocycles. The minimum atomic E-state index is 0.384. The molecular formula is C7H8N6O. The Labute approximate surface area is 79.4 Å². The average Bonchev–Trinajstić information content (AvgIpc) is 2.70. The van der Waals surface area contributed by atoms with Gasteiger partial charge >= 0.3 is 0 Å². The monoisotopic (exact) mass is 192 g/mol. The van der Waals surface area contributed by atoms with Gasteiger partial charge in [0, 0.05) is 0 Å². The van der Waals surface area contributed by atoms with E-state index in [1.807, 2.05) is 0 Å². The largest absolute Gasteiger partial charge is 0.382 e. The topological polar surface area (TPSA) is 103 Å². The van der Waals surface area contributed by atoms with Gasteiger partial charge in [0.1, 0.15) is 11.6 Å². The van der Waals surface area contributed by atoms with E-state index in [-0.39, 0.29) is 0 Å². The second-order valence-electron chi connectivity index (χ2n) is 2.53. The maximum atomic E-state index is 5.38. The average molecular weight is 192 g/mol. The summed E-state index contributed by atoms with van der Waals surface area (Å²) in [6.07, 6.45) is 4.28. The van der Waals surface area contributed by atoms with Crippen molar-refractivity contribution in [1.29, 1.82) is 0 Å². The normalized spacial score (nSPS) is 10.0. The Hall–Kier alpha value is -2.18. The molecule has 0 spiro atoms. The third-order valence-corrected chi connectivity index (χ3v) is 1.51. The highest BCUT2D eigenvalue weighted by Crippen LogP contribution is 2.02. The summed E-state index contributed by atoms with van der Waals surface area (Å²) in [5, 5.41) is 6.59. The first kappa shape index (κ1) is 8.42. The van der Waals surface area contributed by atoms with Gasteiger partial charge in [-0.25, -0.2) is 9.97 Å².